The third-order valence-corrected chi connectivity index (χ3v) is 7.25. The third kappa shape index (κ3) is 5.36. The smallest absolute Gasteiger partial charge is 0.242 e. The summed E-state index contributed by atoms with van der Waals surface area (Å²) >= 11 is 0. The van der Waals surface area contributed by atoms with E-state index in [-0.39, 0.29) is 17.9 Å². The Bertz CT molecular complexity index is 1190. The van der Waals surface area contributed by atoms with Crippen LogP contribution in [0.25, 0.3) is 11.7 Å². The zero-order chi connectivity index (χ0) is 25.7. The van der Waals surface area contributed by atoms with Crippen molar-refractivity contribution in [3.63, 3.8) is 0 Å². The molecule has 8 nitrogen and oxygen atoms in total. The van der Waals surface area contributed by atoms with Crippen molar-refractivity contribution >= 4 is 17.6 Å². The van der Waals surface area contributed by atoms with Crippen LogP contribution in [0.15, 0.2) is 48.8 Å². The van der Waals surface area contributed by atoms with E-state index in [4.69, 9.17) is 5.10 Å². The zero-order valence-electron chi connectivity index (χ0n) is 21.8. The highest BCUT2D eigenvalue weighted by Gasteiger charge is 2.31. The lowest BCUT2D eigenvalue weighted by atomic mass is 9.77. The van der Waals surface area contributed by atoms with E-state index in [2.05, 4.69) is 72.4 Å². The molecule has 2 N–H and O–H groups in total. The number of piperazine rings is 1. The van der Waals surface area contributed by atoms with E-state index in [0.717, 1.165) is 43.0 Å². The van der Waals surface area contributed by atoms with Crippen molar-refractivity contribution < 1.29 is 9.90 Å². The van der Waals surface area contributed by atoms with Crippen molar-refractivity contribution in [3.05, 3.63) is 71.2 Å². The average molecular weight is 491 g/mol. The molecule has 1 saturated heterocycles. The van der Waals surface area contributed by atoms with Crippen LogP contribution in [0.3, 0.4) is 0 Å². The highest BCUT2D eigenvalue weighted by Crippen LogP contribution is 2.36. The van der Waals surface area contributed by atoms with Gasteiger partial charge in [0.2, 0.25) is 5.91 Å². The van der Waals surface area contributed by atoms with Gasteiger partial charge in [-0.2, -0.15) is 5.10 Å². The summed E-state index contributed by atoms with van der Waals surface area (Å²) in [4.78, 5) is 21.2. The van der Waals surface area contributed by atoms with Crippen LogP contribution in [0.4, 0.5) is 0 Å². The molecule has 0 unspecified atom stereocenters. The Morgan fingerprint density at radius 2 is 1.92 bits per heavy atom. The summed E-state index contributed by atoms with van der Waals surface area (Å²) in [6.45, 7) is 10.3. The molecular formula is C28H38N6O2. The van der Waals surface area contributed by atoms with Crippen molar-refractivity contribution in [2.45, 2.75) is 38.6 Å². The first kappa shape index (κ1) is 26.0. The summed E-state index contributed by atoms with van der Waals surface area (Å²) in [6.07, 6.45) is 9.00. The van der Waals surface area contributed by atoms with Gasteiger partial charge in [0.25, 0.3) is 0 Å². The molecule has 0 spiro atoms. The fourth-order valence-electron chi connectivity index (χ4n) is 4.98. The molecule has 0 aliphatic carbocycles. The summed E-state index contributed by atoms with van der Waals surface area (Å²) in [5.74, 6) is -0.0239. The Kier molecular flexibility index (Phi) is 8.18. The molecule has 0 radical (unpaired) electrons. The lowest BCUT2D eigenvalue weighted by Crippen LogP contribution is -2.54. The Balaban J connectivity index is 1.37. The molecule has 1 aliphatic rings. The van der Waals surface area contributed by atoms with Crippen LogP contribution < -0.4 is 5.32 Å². The Labute approximate surface area is 213 Å². The molecule has 3 heterocycles. The predicted molar refractivity (Wildman–Crippen MR) is 143 cm³/mol. The molecule has 1 amide bonds. The lowest BCUT2D eigenvalue weighted by Gasteiger charge is -2.35. The maximum atomic E-state index is 12.4. The van der Waals surface area contributed by atoms with Crippen LogP contribution in [-0.4, -0.2) is 87.8 Å². The first-order chi connectivity index (χ1) is 17.4. The van der Waals surface area contributed by atoms with Gasteiger partial charge >= 0.3 is 0 Å². The molecule has 8 heteroatoms. The topological polar surface area (TPSA) is 86.0 Å². The molecular weight excluding hydrogens is 452 g/mol. The van der Waals surface area contributed by atoms with E-state index in [1.54, 1.807) is 7.05 Å². The van der Waals surface area contributed by atoms with Crippen molar-refractivity contribution in [2.24, 2.45) is 0 Å². The molecule has 2 aromatic heterocycles. The maximum absolute atomic E-state index is 12.4. The number of rotatable bonds is 9. The van der Waals surface area contributed by atoms with Gasteiger partial charge in [0, 0.05) is 56.1 Å². The Morgan fingerprint density at radius 3 is 2.56 bits per heavy atom. The minimum Gasteiger partial charge on any atom is -0.394 e. The number of aliphatic hydroxyl groups excluding tert-OH is 1. The summed E-state index contributed by atoms with van der Waals surface area (Å²) in [7, 11) is 1.70. The van der Waals surface area contributed by atoms with Gasteiger partial charge in [-0.1, -0.05) is 57.2 Å². The number of nitrogens with zero attached hydrogens (tertiary/aromatic N) is 5. The quantitative estimate of drug-likeness (QED) is 0.479. The predicted octanol–water partition coefficient (Wildman–Crippen LogP) is 2.36. The monoisotopic (exact) mass is 490 g/mol. The molecule has 1 atom stereocenters. The first-order valence-corrected chi connectivity index (χ1v) is 12.8. The molecule has 192 valence electrons. The molecule has 0 bridgehead atoms. The number of carbonyl (C=O) groups is 1. The van der Waals surface area contributed by atoms with Crippen LogP contribution in [0.5, 0.6) is 0 Å². The van der Waals surface area contributed by atoms with E-state index in [9.17, 15) is 9.90 Å². The number of likely N-dealkylation sites (N-methyl/N-ethyl adjacent to an activating group) is 1. The highest BCUT2D eigenvalue weighted by molar-refractivity contribution is 5.82. The standard InChI is InChI=1S/C28H38N6O2/c1-5-23-25(26-30-13-7-15-34(26)31-23)28(2,3)22-11-9-21(10-12-22)8-6-14-32-16-18-33(19-17-32)27(36)24(20-35)29-4/h6-13,15,24,29,35H,5,14,16-20H2,1-4H3/b8-6+/t24-/m0/s1. The van der Waals surface area contributed by atoms with Gasteiger partial charge in [-0.15, -0.1) is 0 Å². The molecule has 3 aromatic rings. The zero-order valence-corrected chi connectivity index (χ0v) is 21.8. The number of aliphatic hydroxyl groups is 1. The van der Waals surface area contributed by atoms with Crippen molar-refractivity contribution in [3.8, 4) is 0 Å². The minimum absolute atomic E-state index is 0.0239. The van der Waals surface area contributed by atoms with Crippen LogP contribution in [-0.2, 0) is 16.6 Å². The van der Waals surface area contributed by atoms with Gasteiger partial charge in [0.05, 0.1) is 12.3 Å². The number of aromatic nitrogens is 3. The second-order valence-corrected chi connectivity index (χ2v) is 9.86. The molecule has 0 saturated carbocycles. The van der Waals surface area contributed by atoms with Crippen molar-refractivity contribution in [1.82, 2.24) is 29.7 Å². The van der Waals surface area contributed by atoms with Gasteiger partial charge in [-0.25, -0.2) is 9.50 Å². The van der Waals surface area contributed by atoms with Crippen LogP contribution in [0, 0.1) is 0 Å². The summed E-state index contributed by atoms with van der Waals surface area (Å²) in [6, 6.07) is 10.1. The number of fused-ring (bicyclic) bond motifs is 1. The van der Waals surface area contributed by atoms with Gasteiger partial charge < -0.3 is 15.3 Å². The number of hydrogen-bond acceptors (Lipinski definition) is 6. The average Bonchev–Trinajstić information content (AvgIpc) is 3.30. The summed E-state index contributed by atoms with van der Waals surface area (Å²) < 4.78 is 1.88. The van der Waals surface area contributed by atoms with Crippen molar-refractivity contribution in [2.75, 3.05) is 46.4 Å². The largest absolute Gasteiger partial charge is 0.394 e. The third-order valence-electron chi connectivity index (χ3n) is 7.25. The normalized spacial score (nSPS) is 16.2. The SMILES string of the molecule is CCc1nn2cccnc2c1C(C)(C)c1ccc(/C=C/CN2CCN(C(=O)[C@H](CO)NC)CC2)cc1. The van der Waals surface area contributed by atoms with E-state index in [1.807, 2.05) is 27.9 Å². The number of benzene rings is 1. The highest BCUT2D eigenvalue weighted by atomic mass is 16.3. The van der Waals surface area contributed by atoms with Crippen LogP contribution in [0.1, 0.15) is 43.2 Å². The molecule has 4 rings (SSSR count). The molecule has 1 aromatic carbocycles. The van der Waals surface area contributed by atoms with Gasteiger partial charge in [0.15, 0.2) is 5.65 Å². The Morgan fingerprint density at radius 1 is 1.19 bits per heavy atom. The first-order valence-electron chi connectivity index (χ1n) is 12.8. The number of aryl methyl sites for hydroxylation is 1. The van der Waals surface area contributed by atoms with E-state index < -0.39 is 6.04 Å². The van der Waals surface area contributed by atoms with Crippen molar-refractivity contribution in [1.29, 1.82) is 0 Å². The molecule has 1 aliphatic heterocycles. The lowest BCUT2D eigenvalue weighted by molar-refractivity contribution is -0.136. The summed E-state index contributed by atoms with van der Waals surface area (Å²) in [5.41, 5.74) is 5.37. The minimum atomic E-state index is -0.512. The van der Waals surface area contributed by atoms with Crippen LogP contribution >= 0.6 is 0 Å². The number of carbonyl (C=O) groups excluding carboxylic acids is 1. The van der Waals surface area contributed by atoms with E-state index >= 15 is 0 Å². The second kappa shape index (κ2) is 11.3. The number of hydrogen-bond donors (Lipinski definition) is 2. The van der Waals surface area contributed by atoms with E-state index in [1.165, 1.54) is 11.1 Å². The fraction of sp³-hybridized carbons (Fsp3) is 0.464. The number of amides is 1. The second-order valence-electron chi connectivity index (χ2n) is 9.86. The molecule has 36 heavy (non-hydrogen) atoms. The van der Waals surface area contributed by atoms with Gasteiger partial charge in [-0.05, 0) is 30.7 Å². The van der Waals surface area contributed by atoms with Gasteiger partial charge in [0.1, 0.15) is 6.04 Å². The van der Waals surface area contributed by atoms with Crippen LogP contribution in [0.2, 0.25) is 0 Å². The van der Waals surface area contributed by atoms with Gasteiger partial charge in [-0.3, -0.25) is 9.69 Å². The Hall–Kier alpha value is -3.07. The fourth-order valence-corrected chi connectivity index (χ4v) is 4.98. The molecule has 1 fully saturated rings. The maximum Gasteiger partial charge on any atom is 0.242 e. The summed E-state index contributed by atoms with van der Waals surface area (Å²) in [5, 5.41) is 17.0. The van der Waals surface area contributed by atoms with E-state index in [0.29, 0.717) is 13.1 Å². The number of nitrogens with one attached hydrogen (secondary N) is 1.